The highest BCUT2D eigenvalue weighted by Gasteiger charge is 2.12. The molecule has 1 aromatic rings. The summed E-state index contributed by atoms with van der Waals surface area (Å²) in [6.45, 7) is 0.218. The summed E-state index contributed by atoms with van der Waals surface area (Å²) in [5, 5.41) is 0. The minimum absolute atomic E-state index is 0.218. The Hall–Kier alpha value is -0.910. The standard InChI is InChI=1S/C11H17NO3S/c1-12(2)16(13,14)15-10-6-9-11-7-4-3-5-8-11/h3-5,7-8H,6,9-10H2,1-2H3. The van der Waals surface area contributed by atoms with Crippen LogP contribution in [0.5, 0.6) is 0 Å². The maximum atomic E-state index is 11.2. The predicted molar refractivity (Wildman–Crippen MR) is 63.3 cm³/mol. The van der Waals surface area contributed by atoms with E-state index in [9.17, 15) is 8.42 Å². The van der Waals surface area contributed by atoms with Crippen LogP contribution in [0, 0.1) is 0 Å². The fourth-order valence-electron chi connectivity index (χ4n) is 1.19. The van der Waals surface area contributed by atoms with Gasteiger partial charge in [-0.1, -0.05) is 30.3 Å². The molecular formula is C11H17NO3S. The molecule has 0 unspecified atom stereocenters. The van der Waals surface area contributed by atoms with E-state index in [0.717, 1.165) is 10.7 Å². The molecule has 0 fully saturated rings. The number of aryl methyl sites for hydroxylation is 1. The first-order chi connectivity index (χ1) is 7.52. The van der Waals surface area contributed by atoms with Crippen molar-refractivity contribution in [2.45, 2.75) is 12.8 Å². The molecule has 0 aliphatic rings. The molecule has 1 rings (SSSR count). The quantitative estimate of drug-likeness (QED) is 0.710. The van der Waals surface area contributed by atoms with E-state index in [1.54, 1.807) is 0 Å². The van der Waals surface area contributed by atoms with E-state index in [1.165, 1.54) is 19.7 Å². The van der Waals surface area contributed by atoms with Crippen molar-refractivity contribution in [1.82, 2.24) is 4.31 Å². The molecule has 0 saturated carbocycles. The van der Waals surface area contributed by atoms with Crippen LogP contribution in [0.2, 0.25) is 0 Å². The molecule has 1 aromatic carbocycles. The Morgan fingerprint density at radius 3 is 2.38 bits per heavy atom. The van der Waals surface area contributed by atoms with E-state index in [0.29, 0.717) is 6.42 Å². The van der Waals surface area contributed by atoms with Crippen molar-refractivity contribution in [3.63, 3.8) is 0 Å². The molecule has 4 nitrogen and oxygen atoms in total. The molecule has 0 spiro atoms. The lowest BCUT2D eigenvalue weighted by Crippen LogP contribution is -2.24. The fraction of sp³-hybridized carbons (Fsp3) is 0.455. The van der Waals surface area contributed by atoms with E-state index in [-0.39, 0.29) is 6.61 Å². The van der Waals surface area contributed by atoms with Crippen molar-refractivity contribution >= 4 is 10.3 Å². The zero-order valence-corrected chi connectivity index (χ0v) is 10.4. The lowest BCUT2D eigenvalue weighted by Gasteiger charge is -2.10. The third kappa shape index (κ3) is 4.30. The van der Waals surface area contributed by atoms with Gasteiger partial charge in [0.15, 0.2) is 0 Å². The van der Waals surface area contributed by atoms with Crippen LogP contribution < -0.4 is 0 Å². The Balaban J connectivity index is 2.28. The van der Waals surface area contributed by atoms with Crippen LogP contribution in [0.25, 0.3) is 0 Å². The molecule has 16 heavy (non-hydrogen) atoms. The van der Waals surface area contributed by atoms with Gasteiger partial charge in [-0.05, 0) is 18.4 Å². The molecular weight excluding hydrogens is 226 g/mol. The summed E-state index contributed by atoms with van der Waals surface area (Å²) < 4.78 is 28.4. The van der Waals surface area contributed by atoms with Gasteiger partial charge in [0.2, 0.25) is 0 Å². The van der Waals surface area contributed by atoms with Crippen molar-refractivity contribution in [3.8, 4) is 0 Å². The summed E-state index contributed by atoms with van der Waals surface area (Å²) in [7, 11) is -0.617. The summed E-state index contributed by atoms with van der Waals surface area (Å²) in [6.07, 6.45) is 1.51. The Morgan fingerprint density at radius 2 is 1.81 bits per heavy atom. The average Bonchev–Trinajstić information content (AvgIpc) is 2.26. The molecule has 0 bridgehead atoms. The van der Waals surface area contributed by atoms with Crippen LogP contribution in [0.3, 0.4) is 0 Å². The Labute approximate surface area is 97.1 Å². The molecule has 0 aromatic heterocycles. The Morgan fingerprint density at radius 1 is 1.19 bits per heavy atom. The maximum Gasteiger partial charge on any atom is 0.337 e. The van der Waals surface area contributed by atoms with Crippen molar-refractivity contribution in [3.05, 3.63) is 35.9 Å². The van der Waals surface area contributed by atoms with Gasteiger partial charge in [0.1, 0.15) is 0 Å². The third-order valence-electron chi connectivity index (χ3n) is 2.13. The zero-order chi connectivity index (χ0) is 12.0. The second-order valence-electron chi connectivity index (χ2n) is 3.65. The molecule has 90 valence electrons. The lowest BCUT2D eigenvalue weighted by molar-refractivity contribution is 0.284. The SMILES string of the molecule is CN(C)S(=O)(=O)OCCCc1ccccc1. The number of benzene rings is 1. The van der Waals surface area contributed by atoms with Crippen LogP contribution in [0.4, 0.5) is 0 Å². The topological polar surface area (TPSA) is 46.6 Å². The monoisotopic (exact) mass is 243 g/mol. The van der Waals surface area contributed by atoms with Gasteiger partial charge in [0, 0.05) is 14.1 Å². The molecule has 0 saturated heterocycles. The van der Waals surface area contributed by atoms with Gasteiger partial charge in [-0.25, -0.2) is 0 Å². The largest absolute Gasteiger partial charge is 0.337 e. The summed E-state index contributed by atoms with van der Waals surface area (Å²) in [5.41, 5.74) is 1.19. The first kappa shape index (κ1) is 13.2. The maximum absolute atomic E-state index is 11.2. The Kier molecular flexibility index (Phi) is 4.92. The first-order valence-corrected chi connectivity index (χ1v) is 6.50. The molecule has 0 atom stereocenters. The van der Waals surface area contributed by atoms with Crippen LogP contribution >= 0.6 is 0 Å². The minimum atomic E-state index is -3.52. The minimum Gasteiger partial charge on any atom is -0.258 e. The van der Waals surface area contributed by atoms with E-state index >= 15 is 0 Å². The fourth-order valence-corrected chi connectivity index (χ4v) is 1.73. The van der Waals surface area contributed by atoms with Crippen molar-refractivity contribution in [2.75, 3.05) is 20.7 Å². The van der Waals surface area contributed by atoms with Gasteiger partial charge in [-0.3, -0.25) is 4.18 Å². The smallest absolute Gasteiger partial charge is 0.258 e. The molecule has 0 aliphatic heterocycles. The van der Waals surface area contributed by atoms with Crippen molar-refractivity contribution < 1.29 is 12.6 Å². The van der Waals surface area contributed by atoms with Crippen molar-refractivity contribution in [2.24, 2.45) is 0 Å². The van der Waals surface area contributed by atoms with Crippen molar-refractivity contribution in [1.29, 1.82) is 0 Å². The van der Waals surface area contributed by atoms with E-state index < -0.39 is 10.3 Å². The van der Waals surface area contributed by atoms with Gasteiger partial charge in [-0.15, -0.1) is 0 Å². The number of rotatable bonds is 6. The molecule has 0 amide bonds. The summed E-state index contributed by atoms with van der Waals surface area (Å²) in [6, 6.07) is 9.91. The molecule has 0 aliphatic carbocycles. The van der Waals surface area contributed by atoms with Crippen LogP contribution in [-0.2, 0) is 20.9 Å². The van der Waals surface area contributed by atoms with Crippen LogP contribution in [0.15, 0.2) is 30.3 Å². The second kappa shape index (κ2) is 5.98. The Bertz CT molecular complexity index is 400. The summed E-state index contributed by atoms with van der Waals surface area (Å²) >= 11 is 0. The highest BCUT2D eigenvalue weighted by atomic mass is 32.2. The predicted octanol–water partition coefficient (Wildman–Crippen LogP) is 1.44. The number of hydrogen-bond donors (Lipinski definition) is 0. The highest BCUT2D eigenvalue weighted by Crippen LogP contribution is 2.04. The van der Waals surface area contributed by atoms with Crippen LogP contribution in [0.1, 0.15) is 12.0 Å². The van der Waals surface area contributed by atoms with Gasteiger partial charge in [-0.2, -0.15) is 12.7 Å². The molecule has 0 heterocycles. The van der Waals surface area contributed by atoms with Gasteiger partial charge in [0.05, 0.1) is 6.61 Å². The summed E-state index contributed by atoms with van der Waals surface area (Å²) in [4.78, 5) is 0. The molecule has 0 N–H and O–H groups in total. The third-order valence-corrected chi connectivity index (χ3v) is 3.49. The highest BCUT2D eigenvalue weighted by molar-refractivity contribution is 7.84. The normalized spacial score (nSPS) is 11.9. The van der Waals surface area contributed by atoms with Gasteiger partial charge in [0.25, 0.3) is 0 Å². The summed E-state index contributed by atoms with van der Waals surface area (Å²) in [5.74, 6) is 0. The first-order valence-electron chi connectivity index (χ1n) is 5.13. The molecule has 0 radical (unpaired) electrons. The van der Waals surface area contributed by atoms with Gasteiger partial charge < -0.3 is 0 Å². The lowest BCUT2D eigenvalue weighted by atomic mass is 10.1. The van der Waals surface area contributed by atoms with Crippen LogP contribution in [-0.4, -0.2) is 33.4 Å². The van der Waals surface area contributed by atoms with Gasteiger partial charge >= 0.3 is 10.3 Å². The average molecular weight is 243 g/mol. The van der Waals surface area contributed by atoms with E-state index in [1.807, 2.05) is 30.3 Å². The number of nitrogens with zero attached hydrogens (tertiary/aromatic N) is 1. The second-order valence-corrected chi connectivity index (χ2v) is 5.47. The van der Waals surface area contributed by atoms with E-state index in [4.69, 9.17) is 4.18 Å². The zero-order valence-electron chi connectivity index (χ0n) is 9.59. The van der Waals surface area contributed by atoms with E-state index in [2.05, 4.69) is 0 Å². The number of hydrogen-bond acceptors (Lipinski definition) is 3. The molecule has 5 heteroatoms.